The lowest BCUT2D eigenvalue weighted by atomic mass is 9.83. The van der Waals surface area contributed by atoms with Crippen LogP contribution in [0.2, 0.25) is 0 Å². The van der Waals surface area contributed by atoms with Crippen molar-refractivity contribution in [3.8, 4) is 0 Å². The van der Waals surface area contributed by atoms with Crippen molar-refractivity contribution in [3.63, 3.8) is 0 Å². The predicted molar refractivity (Wildman–Crippen MR) is 122 cm³/mol. The molecule has 0 radical (unpaired) electrons. The van der Waals surface area contributed by atoms with E-state index in [1.165, 1.54) is 0 Å². The predicted octanol–water partition coefficient (Wildman–Crippen LogP) is 6.24. The average Bonchev–Trinajstić information content (AvgIpc) is 2.75. The van der Waals surface area contributed by atoms with E-state index in [-0.39, 0.29) is 12.6 Å². The van der Waals surface area contributed by atoms with Gasteiger partial charge in [-0.05, 0) is 46.0 Å². The van der Waals surface area contributed by atoms with Crippen LogP contribution < -0.4 is 0 Å². The number of cyclic esters (lactones) is 3. The lowest BCUT2D eigenvalue weighted by molar-refractivity contribution is 0.0389. The van der Waals surface area contributed by atoms with Crippen LogP contribution in [-0.2, 0) is 16.1 Å². The maximum absolute atomic E-state index is 12.5. The van der Waals surface area contributed by atoms with Gasteiger partial charge in [-0.25, -0.2) is 14.4 Å². The fraction of sp³-hybridized carbons (Fsp3) is 0.0417. The molecule has 5 aromatic rings. The van der Waals surface area contributed by atoms with E-state index in [2.05, 4.69) is 31.9 Å². The van der Waals surface area contributed by atoms with Crippen LogP contribution in [0.3, 0.4) is 0 Å². The molecule has 0 atom stereocenters. The molecular formula is C24H8Br2O5. The summed E-state index contributed by atoms with van der Waals surface area (Å²) in [5.41, 5.74) is 2.20. The van der Waals surface area contributed by atoms with Crippen molar-refractivity contribution in [2.75, 3.05) is 0 Å². The van der Waals surface area contributed by atoms with Gasteiger partial charge in [0.2, 0.25) is 0 Å². The quantitative estimate of drug-likeness (QED) is 0.101. The third kappa shape index (κ3) is 1.99. The maximum atomic E-state index is 12.5. The van der Waals surface area contributed by atoms with Crippen molar-refractivity contribution in [2.45, 2.75) is 6.61 Å². The number of carbonyl (C=O) groups excluding carboxylic acids is 3. The van der Waals surface area contributed by atoms with Gasteiger partial charge in [0.15, 0.2) is 0 Å². The largest absolute Gasteiger partial charge is 0.457 e. The minimum atomic E-state index is -0.653. The third-order valence-electron chi connectivity index (χ3n) is 6.29. The molecule has 0 spiro atoms. The van der Waals surface area contributed by atoms with Gasteiger partial charge < -0.3 is 9.47 Å². The minimum Gasteiger partial charge on any atom is -0.457 e. The Kier molecular flexibility index (Phi) is 3.19. The highest BCUT2D eigenvalue weighted by Crippen LogP contribution is 2.49. The molecule has 0 N–H and O–H groups in total. The number of benzene rings is 5. The van der Waals surface area contributed by atoms with Crippen molar-refractivity contribution in [3.05, 3.63) is 67.6 Å². The van der Waals surface area contributed by atoms with Crippen LogP contribution in [0.15, 0.2) is 45.3 Å². The second-order valence-corrected chi connectivity index (χ2v) is 9.46. The normalized spacial score (nSPS) is 15.4. The highest BCUT2D eigenvalue weighted by atomic mass is 79.9. The summed E-state index contributed by atoms with van der Waals surface area (Å²) in [5.74, 6) is -1.63. The van der Waals surface area contributed by atoms with E-state index in [9.17, 15) is 14.4 Å². The number of rotatable bonds is 0. The van der Waals surface area contributed by atoms with Crippen molar-refractivity contribution >= 4 is 92.9 Å². The van der Waals surface area contributed by atoms with Gasteiger partial charge >= 0.3 is 17.9 Å². The zero-order chi connectivity index (χ0) is 21.2. The van der Waals surface area contributed by atoms with Crippen molar-refractivity contribution in [1.82, 2.24) is 0 Å². The SMILES string of the molecule is O=C1OCc2cc(Br)c3c4ccc5c6c(cc(Br)c(c7ccc1c2c73)c64)C(=O)OC5=O. The van der Waals surface area contributed by atoms with E-state index in [1.807, 2.05) is 18.2 Å². The Balaban J connectivity index is 1.87. The average molecular weight is 536 g/mol. The lowest BCUT2D eigenvalue weighted by Gasteiger charge is -2.24. The highest BCUT2D eigenvalue weighted by molar-refractivity contribution is 9.11. The minimum absolute atomic E-state index is 0.215. The summed E-state index contributed by atoms with van der Waals surface area (Å²) in [5, 5.41) is 6.90. The number of ether oxygens (including phenoxy) is 2. The molecule has 148 valence electrons. The van der Waals surface area contributed by atoms with Gasteiger partial charge in [-0.1, -0.05) is 44.0 Å². The molecule has 2 aliphatic rings. The molecule has 0 saturated carbocycles. The van der Waals surface area contributed by atoms with E-state index in [1.54, 1.807) is 18.2 Å². The fourth-order valence-corrected chi connectivity index (χ4v) is 6.45. The first-order valence-electron chi connectivity index (χ1n) is 9.47. The molecule has 0 amide bonds. The standard InChI is InChI=1S/C24H8Br2O5/c25-14-5-8-7-30-22(27)11-3-1-9-19-15(26)6-13-17-12(23(28)31-24(13)29)4-2-10(21(17)19)18(14)20(9)16(8)11/h1-6H,7H2. The van der Waals surface area contributed by atoms with Gasteiger partial charge in [0, 0.05) is 35.9 Å². The van der Waals surface area contributed by atoms with Crippen molar-refractivity contribution < 1.29 is 23.9 Å². The molecule has 2 heterocycles. The third-order valence-corrected chi connectivity index (χ3v) is 7.54. The number of fused-ring (bicyclic) bond motifs is 2. The number of hydrogen-bond donors (Lipinski definition) is 0. The van der Waals surface area contributed by atoms with Crippen molar-refractivity contribution in [2.24, 2.45) is 0 Å². The van der Waals surface area contributed by atoms with Crippen LogP contribution >= 0.6 is 31.9 Å². The summed E-state index contributed by atoms with van der Waals surface area (Å²) in [4.78, 5) is 37.4. The van der Waals surface area contributed by atoms with Crippen molar-refractivity contribution in [1.29, 1.82) is 0 Å². The Morgan fingerprint density at radius 3 is 1.90 bits per heavy atom. The molecule has 5 nitrogen and oxygen atoms in total. The maximum Gasteiger partial charge on any atom is 0.346 e. The second kappa shape index (κ2) is 5.60. The Hall–Kier alpha value is -3.03. The molecule has 0 bridgehead atoms. The van der Waals surface area contributed by atoms with E-state index < -0.39 is 11.9 Å². The van der Waals surface area contributed by atoms with E-state index >= 15 is 0 Å². The molecular weight excluding hydrogens is 528 g/mol. The molecule has 31 heavy (non-hydrogen) atoms. The summed E-state index contributed by atoms with van der Waals surface area (Å²) in [7, 11) is 0. The Bertz CT molecular complexity index is 1730. The number of esters is 3. The van der Waals surface area contributed by atoms with Crippen LogP contribution in [0.4, 0.5) is 0 Å². The smallest absolute Gasteiger partial charge is 0.346 e. The Morgan fingerprint density at radius 1 is 0.613 bits per heavy atom. The highest BCUT2D eigenvalue weighted by Gasteiger charge is 2.32. The van der Waals surface area contributed by atoms with Crippen LogP contribution in [0.5, 0.6) is 0 Å². The first kappa shape index (κ1) is 17.6. The molecule has 5 aromatic carbocycles. The molecule has 0 fully saturated rings. The molecule has 0 aromatic heterocycles. The lowest BCUT2D eigenvalue weighted by Crippen LogP contribution is -2.20. The summed E-state index contributed by atoms with van der Waals surface area (Å²) < 4.78 is 11.9. The van der Waals surface area contributed by atoms with Crippen LogP contribution in [-0.4, -0.2) is 17.9 Å². The first-order valence-corrected chi connectivity index (χ1v) is 11.1. The van der Waals surface area contributed by atoms with Gasteiger partial charge in [0.25, 0.3) is 0 Å². The monoisotopic (exact) mass is 534 g/mol. The number of halogens is 2. The Morgan fingerprint density at radius 2 is 1.19 bits per heavy atom. The van der Waals surface area contributed by atoms with Crippen LogP contribution in [0.1, 0.15) is 36.6 Å². The van der Waals surface area contributed by atoms with Gasteiger partial charge in [-0.2, -0.15) is 0 Å². The number of hydrogen-bond acceptors (Lipinski definition) is 5. The summed E-state index contributed by atoms with van der Waals surface area (Å²) in [6, 6.07) is 11.0. The fourth-order valence-electron chi connectivity index (χ4n) is 5.12. The zero-order valence-corrected chi connectivity index (χ0v) is 18.6. The van der Waals surface area contributed by atoms with Gasteiger partial charge in [-0.3, -0.25) is 0 Å². The second-order valence-electron chi connectivity index (χ2n) is 7.75. The topological polar surface area (TPSA) is 69.7 Å². The molecule has 2 aliphatic heterocycles. The molecule has 7 rings (SSSR count). The van der Waals surface area contributed by atoms with Gasteiger partial charge in [0.05, 0.1) is 16.7 Å². The molecule has 7 heteroatoms. The summed E-state index contributed by atoms with van der Waals surface area (Å²) in [6.45, 7) is 0.215. The van der Waals surface area contributed by atoms with Crippen LogP contribution in [0.25, 0.3) is 43.1 Å². The first-order chi connectivity index (χ1) is 15.0. The van der Waals surface area contributed by atoms with E-state index in [0.717, 1.165) is 52.2 Å². The zero-order valence-electron chi connectivity index (χ0n) is 15.5. The van der Waals surface area contributed by atoms with E-state index in [0.29, 0.717) is 22.1 Å². The summed E-state index contributed by atoms with van der Waals surface area (Å²) >= 11 is 7.37. The molecule has 0 unspecified atom stereocenters. The van der Waals surface area contributed by atoms with Gasteiger partial charge in [0.1, 0.15) is 6.61 Å². The van der Waals surface area contributed by atoms with E-state index in [4.69, 9.17) is 9.47 Å². The molecule has 0 aliphatic carbocycles. The molecule has 0 saturated heterocycles. The van der Waals surface area contributed by atoms with Gasteiger partial charge in [-0.15, -0.1) is 0 Å². The number of carbonyl (C=O) groups is 3. The Labute approximate surface area is 190 Å². The van der Waals surface area contributed by atoms with Crippen LogP contribution in [0, 0.1) is 0 Å². The summed E-state index contributed by atoms with van der Waals surface area (Å²) in [6.07, 6.45) is 0.